The molecule has 0 aliphatic heterocycles. The van der Waals surface area contributed by atoms with Gasteiger partial charge in [-0.3, -0.25) is 4.79 Å². The summed E-state index contributed by atoms with van der Waals surface area (Å²) in [6.07, 6.45) is 1.51. The summed E-state index contributed by atoms with van der Waals surface area (Å²) >= 11 is 6.38. The molecular formula is C11H10FN3OS2. The van der Waals surface area contributed by atoms with Gasteiger partial charge in [-0.1, -0.05) is 0 Å². The standard InChI is InChI=1S/C11H10FN3OS2/c1-6-8(18-11(17)14-6)4-10(16)15-7-2-3-9(12)13-5-7/h2-3,5H,4H2,1H3,(H,14,17)(H,15,16). The van der Waals surface area contributed by atoms with Crippen LogP contribution in [0.4, 0.5) is 10.1 Å². The average molecular weight is 283 g/mol. The van der Waals surface area contributed by atoms with Gasteiger partial charge in [0.1, 0.15) is 0 Å². The molecule has 0 aromatic carbocycles. The van der Waals surface area contributed by atoms with Gasteiger partial charge in [0.25, 0.3) is 0 Å². The van der Waals surface area contributed by atoms with E-state index in [-0.39, 0.29) is 12.3 Å². The van der Waals surface area contributed by atoms with E-state index in [1.807, 2.05) is 6.92 Å². The number of nitrogens with zero attached hydrogens (tertiary/aromatic N) is 1. The highest BCUT2D eigenvalue weighted by Crippen LogP contribution is 2.16. The predicted octanol–water partition coefficient (Wildman–Crippen LogP) is 2.83. The lowest BCUT2D eigenvalue weighted by Gasteiger charge is -2.03. The molecule has 2 aromatic heterocycles. The maximum atomic E-state index is 12.6. The van der Waals surface area contributed by atoms with Crippen molar-refractivity contribution in [1.82, 2.24) is 9.97 Å². The maximum Gasteiger partial charge on any atom is 0.229 e. The minimum atomic E-state index is -0.576. The summed E-state index contributed by atoms with van der Waals surface area (Å²) in [5, 5.41) is 2.64. The lowest BCUT2D eigenvalue weighted by Crippen LogP contribution is -2.14. The van der Waals surface area contributed by atoms with Crippen LogP contribution in [-0.2, 0) is 11.2 Å². The number of amides is 1. The monoisotopic (exact) mass is 283 g/mol. The second kappa shape index (κ2) is 5.36. The smallest absolute Gasteiger partial charge is 0.229 e. The Morgan fingerprint density at radius 3 is 2.94 bits per heavy atom. The van der Waals surface area contributed by atoms with Crippen molar-refractivity contribution >= 4 is 35.1 Å². The zero-order valence-electron chi connectivity index (χ0n) is 9.49. The Morgan fingerprint density at radius 2 is 2.39 bits per heavy atom. The Balaban J connectivity index is 2.03. The molecule has 1 amide bonds. The van der Waals surface area contributed by atoms with Crippen LogP contribution in [-0.4, -0.2) is 15.9 Å². The number of aryl methyl sites for hydroxylation is 1. The molecule has 0 saturated heterocycles. The number of thiazole rings is 1. The topological polar surface area (TPSA) is 57.8 Å². The average Bonchev–Trinajstić information content (AvgIpc) is 2.61. The molecule has 0 aliphatic carbocycles. The molecule has 7 heteroatoms. The first kappa shape index (κ1) is 12.8. The van der Waals surface area contributed by atoms with Gasteiger partial charge in [0.2, 0.25) is 11.9 Å². The van der Waals surface area contributed by atoms with Gasteiger partial charge < -0.3 is 10.3 Å². The fraction of sp³-hybridized carbons (Fsp3) is 0.182. The molecule has 0 radical (unpaired) electrons. The summed E-state index contributed by atoms with van der Waals surface area (Å²) in [5.41, 5.74) is 1.37. The molecule has 2 rings (SSSR count). The second-order valence-corrected chi connectivity index (χ2v) is 5.43. The van der Waals surface area contributed by atoms with Gasteiger partial charge in [-0.05, 0) is 31.3 Å². The third kappa shape index (κ3) is 3.21. The van der Waals surface area contributed by atoms with Crippen LogP contribution in [0.3, 0.4) is 0 Å². The first-order valence-electron chi connectivity index (χ1n) is 5.14. The largest absolute Gasteiger partial charge is 0.341 e. The van der Waals surface area contributed by atoms with Crippen LogP contribution in [0, 0.1) is 16.8 Å². The van der Waals surface area contributed by atoms with Crippen LogP contribution < -0.4 is 5.32 Å². The Labute approximate surface area is 112 Å². The number of halogens is 1. The van der Waals surface area contributed by atoms with Crippen molar-refractivity contribution in [2.24, 2.45) is 0 Å². The Bertz CT molecular complexity index is 618. The highest BCUT2D eigenvalue weighted by atomic mass is 32.1. The number of H-pyrrole nitrogens is 1. The number of nitrogens with one attached hydrogen (secondary N) is 2. The quantitative estimate of drug-likeness (QED) is 0.672. The Morgan fingerprint density at radius 1 is 1.61 bits per heavy atom. The third-order valence-corrected chi connectivity index (χ3v) is 3.59. The van der Waals surface area contributed by atoms with Crippen molar-refractivity contribution in [3.63, 3.8) is 0 Å². The van der Waals surface area contributed by atoms with Crippen LogP contribution >= 0.6 is 23.6 Å². The SMILES string of the molecule is Cc1[nH]c(=S)sc1CC(=O)Nc1ccc(F)nc1. The molecular weight excluding hydrogens is 273 g/mol. The molecule has 0 saturated carbocycles. The molecule has 0 fully saturated rings. The van der Waals surface area contributed by atoms with E-state index >= 15 is 0 Å². The highest BCUT2D eigenvalue weighted by Gasteiger charge is 2.09. The highest BCUT2D eigenvalue weighted by molar-refractivity contribution is 7.73. The van der Waals surface area contributed by atoms with Gasteiger partial charge in [-0.2, -0.15) is 4.39 Å². The summed E-state index contributed by atoms with van der Waals surface area (Å²) in [6, 6.07) is 2.66. The van der Waals surface area contributed by atoms with E-state index in [1.165, 1.54) is 29.7 Å². The van der Waals surface area contributed by atoms with Crippen LogP contribution in [0.5, 0.6) is 0 Å². The van der Waals surface area contributed by atoms with Gasteiger partial charge in [-0.25, -0.2) is 4.98 Å². The molecule has 0 unspecified atom stereocenters. The van der Waals surface area contributed by atoms with Gasteiger partial charge in [0, 0.05) is 10.6 Å². The van der Waals surface area contributed by atoms with Crippen LogP contribution in [0.25, 0.3) is 0 Å². The molecule has 2 N–H and O–H groups in total. The molecule has 2 heterocycles. The normalized spacial score (nSPS) is 10.3. The van der Waals surface area contributed by atoms with Crippen LogP contribution in [0.2, 0.25) is 0 Å². The van der Waals surface area contributed by atoms with Crippen molar-refractivity contribution in [2.45, 2.75) is 13.3 Å². The third-order valence-electron chi connectivity index (χ3n) is 2.26. The van der Waals surface area contributed by atoms with E-state index in [0.29, 0.717) is 9.64 Å². The molecule has 0 atom stereocenters. The number of carbonyl (C=O) groups is 1. The summed E-state index contributed by atoms with van der Waals surface area (Å²) in [7, 11) is 0. The molecule has 4 nitrogen and oxygen atoms in total. The zero-order valence-corrected chi connectivity index (χ0v) is 11.1. The number of hydrogen-bond acceptors (Lipinski definition) is 4. The Hall–Kier alpha value is -1.60. The number of aromatic amines is 1. The Kier molecular flexibility index (Phi) is 3.83. The van der Waals surface area contributed by atoms with Gasteiger partial charge >= 0.3 is 0 Å². The first-order valence-corrected chi connectivity index (χ1v) is 6.37. The van der Waals surface area contributed by atoms with Gasteiger partial charge in [-0.15, -0.1) is 11.3 Å². The van der Waals surface area contributed by atoms with E-state index in [9.17, 15) is 9.18 Å². The number of rotatable bonds is 3. The maximum absolute atomic E-state index is 12.6. The van der Waals surface area contributed by atoms with Gasteiger partial charge in [0.15, 0.2) is 3.95 Å². The lowest BCUT2D eigenvalue weighted by molar-refractivity contribution is -0.115. The van der Waals surface area contributed by atoms with E-state index in [4.69, 9.17) is 12.2 Å². The van der Waals surface area contributed by atoms with Crippen molar-refractivity contribution in [1.29, 1.82) is 0 Å². The molecule has 94 valence electrons. The number of anilines is 1. The van der Waals surface area contributed by atoms with E-state index in [1.54, 1.807) is 0 Å². The van der Waals surface area contributed by atoms with E-state index in [2.05, 4.69) is 15.3 Å². The van der Waals surface area contributed by atoms with Crippen molar-refractivity contribution in [3.05, 3.63) is 38.8 Å². The fourth-order valence-electron chi connectivity index (χ4n) is 1.41. The summed E-state index contributed by atoms with van der Waals surface area (Å²) in [4.78, 5) is 19.1. The summed E-state index contributed by atoms with van der Waals surface area (Å²) in [5.74, 6) is -0.760. The minimum Gasteiger partial charge on any atom is -0.341 e. The van der Waals surface area contributed by atoms with E-state index < -0.39 is 5.95 Å². The number of aromatic nitrogens is 2. The summed E-state index contributed by atoms with van der Waals surface area (Å²) in [6.45, 7) is 1.87. The van der Waals surface area contributed by atoms with Crippen molar-refractivity contribution in [2.75, 3.05) is 5.32 Å². The number of carbonyl (C=O) groups excluding carboxylic acids is 1. The fourth-order valence-corrected chi connectivity index (χ4v) is 2.70. The van der Waals surface area contributed by atoms with Crippen LogP contribution in [0.15, 0.2) is 18.3 Å². The summed E-state index contributed by atoms with van der Waals surface area (Å²) < 4.78 is 13.2. The van der Waals surface area contributed by atoms with Crippen LogP contribution in [0.1, 0.15) is 10.6 Å². The van der Waals surface area contributed by atoms with E-state index in [0.717, 1.165) is 10.6 Å². The molecule has 0 bridgehead atoms. The zero-order chi connectivity index (χ0) is 13.1. The molecule has 0 spiro atoms. The number of hydrogen-bond donors (Lipinski definition) is 2. The first-order chi connectivity index (χ1) is 8.54. The van der Waals surface area contributed by atoms with Crippen molar-refractivity contribution < 1.29 is 9.18 Å². The van der Waals surface area contributed by atoms with Crippen molar-refractivity contribution in [3.8, 4) is 0 Å². The minimum absolute atomic E-state index is 0.184. The number of pyridine rings is 1. The lowest BCUT2D eigenvalue weighted by atomic mass is 10.3. The molecule has 2 aromatic rings. The van der Waals surface area contributed by atoms with Gasteiger partial charge in [0.05, 0.1) is 18.3 Å². The molecule has 0 aliphatic rings. The predicted molar refractivity (Wildman–Crippen MR) is 70.8 cm³/mol. The molecule has 18 heavy (non-hydrogen) atoms. The second-order valence-electron chi connectivity index (χ2n) is 3.66.